The monoisotopic (exact) mass is 258 g/mol. The van der Waals surface area contributed by atoms with Crippen molar-refractivity contribution in [3.63, 3.8) is 0 Å². The lowest BCUT2D eigenvalue weighted by molar-refractivity contribution is 0.0943. The second-order valence-corrected chi connectivity index (χ2v) is 4.77. The average Bonchev–Trinajstić information content (AvgIpc) is 2.89. The van der Waals surface area contributed by atoms with Crippen molar-refractivity contribution in [2.45, 2.75) is 39.0 Å². The molecule has 3 atom stereocenters. The Bertz CT molecular complexity index is 382. The van der Waals surface area contributed by atoms with E-state index in [4.69, 9.17) is 22.2 Å². The fraction of sp³-hybridized carbons (Fsp3) is 0.727. The number of aromatic nitrogens is 2. The zero-order valence-electron chi connectivity index (χ0n) is 10.2. The summed E-state index contributed by atoms with van der Waals surface area (Å²) in [6.45, 7) is 5.67. The number of rotatable bonds is 4. The van der Waals surface area contributed by atoms with Crippen molar-refractivity contribution in [3.8, 4) is 0 Å². The van der Waals surface area contributed by atoms with Gasteiger partial charge in [-0.2, -0.15) is 5.10 Å². The Morgan fingerprint density at radius 3 is 3.06 bits per heavy atom. The van der Waals surface area contributed by atoms with E-state index in [0.29, 0.717) is 10.9 Å². The molecule has 3 N–H and O–H groups in total. The second-order valence-electron chi connectivity index (χ2n) is 4.37. The highest BCUT2D eigenvalue weighted by atomic mass is 35.5. The van der Waals surface area contributed by atoms with Crippen molar-refractivity contribution in [3.05, 3.63) is 16.9 Å². The van der Waals surface area contributed by atoms with Gasteiger partial charge in [0.25, 0.3) is 0 Å². The highest BCUT2D eigenvalue weighted by Gasteiger charge is 2.35. The number of hydrogen-bond acceptors (Lipinski definition) is 4. The molecule has 3 unspecified atom stereocenters. The molecule has 1 aliphatic heterocycles. The van der Waals surface area contributed by atoms with Crippen molar-refractivity contribution < 1.29 is 4.74 Å². The molecule has 0 aliphatic carbocycles. The smallest absolute Gasteiger partial charge is 0.0834 e. The molecule has 2 rings (SSSR count). The molecule has 0 aromatic carbocycles. The van der Waals surface area contributed by atoms with E-state index in [1.807, 2.05) is 11.6 Å². The Morgan fingerprint density at radius 2 is 2.53 bits per heavy atom. The zero-order valence-corrected chi connectivity index (χ0v) is 10.9. The first-order valence-corrected chi connectivity index (χ1v) is 6.35. The summed E-state index contributed by atoms with van der Waals surface area (Å²) < 4.78 is 7.48. The molecule has 0 amide bonds. The summed E-state index contributed by atoms with van der Waals surface area (Å²) in [6, 6.07) is -0.0116. The number of halogens is 1. The fourth-order valence-corrected chi connectivity index (χ4v) is 2.78. The summed E-state index contributed by atoms with van der Waals surface area (Å²) in [4.78, 5) is 0. The Morgan fingerprint density at radius 1 is 1.76 bits per heavy atom. The summed E-state index contributed by atoms with van der Waals surface area (Å²) in [5, 5.41) is 4.91. The molecular weight excluding hydrogens is 240 g/mol. The van der Waals surface area contributed by atoms with Gasteiger partial charge in [0.1, 0.15) is 0 Å². The third-order valence-electron chi connectivity index (χ3n) is 3.47. The number of ether oxygens (including phenoxy) is 1. The van der Waals surface area contributed by atoms with Crippen LogP contribution < -0.4 is 11.3 Å². The Labute approximate surface area is 106 Å². The van der Waals surface area contributed by atoms with Crippen molar-refractivity contribution in [1.29, 1.82) is 0 Å². The van der Waals surface area contributed by atoms with E-state index >= 15 is 0 Å². The van der Waals surface area contributed by atoms with Crippen LogP contribution >= 0.6 is 11.6 Å². The van der Waals surface area contributed by atoms with Crippen molar-refractivity contribution in [1.82, 2.24) is 15.2 Å². The minimum absolute atomic E-state index is 0.0116. The van der Waals surface area contributed by atoms with E-state index in [1.165, 1.54) is 0 Å². The van der Waals surface area contributed by atoms with Crippen LogP contribution in [-0.4, -0.2) is 22.5 Å². The Balaban J connectivity index is 2.31. The van der Waals surface area contributed by atoms with E-state index < -0.39 is 0 Å². The summed E-state index contributed by atoms with van der Waals surface area (Å²) in [5.41, 5.74) is 3.82. The molecule has 1 saturated heterocycles. The van der Waals surface area contributed by atoms with Gasteiger partial charge in [-0.25, -0.2) is 0 Å². The van der Waals surface area contributed by atoms with Gasteiger partial charge in [-0.15, -0.1) is 0 Å². The number of aryl methyl sites for hydroxylation is 1. The molecule has 0 spiro atoms. The van der Waals surface area contributed by atoms with Gasteiger partial charge >= 0.3 is 0 Å². The molecule has 0 bridgehead atoms. The quantitative estimate of drug-likeness (QED) is 0.634. The third kappa shape index (κ3) is 2.33. The van der Waals surface area contributed by atoms with E-state index in [2.05, 4.69) is 17.4 Å². The van der Waals surface area contributed by atoms with Gasteiger partial charge in [-0.1, -0.05) is 11.6 Å². The number of nitrogens with one attached hydrogen (secondary N) is 1. The highest BCUT2D eigenvalue weighted by Crippen LogP contribution is 2.35. The van der Waals surface area contributed by atoms with Crippen LogP contribution in [0.15, 0.2) is 6.20 Å². The van der Waals surface area contributed by atoms with Crippen LogP contribution in [0.5, 0.6) is 0 Å². The predicted octanol–water partition coefficient (Wildman–Crippen LogP) is 1.49. The topological polar surface area (TPSA) is 65.1 Å². The molecule has 1 aliphatic rings. The number of hydrogen-bond donors (Lipinski definition) is 2. The van der Waals surface area contributed by atoms with E-state index in [-0.39, 0.29) is 12.1 Å². The number of nitrogens with two attached hydrogens (primary N) is 1. The maximum atomic E-state index is 6.20. The maximum absolute atomic E-state index is 6.20. The summed E-state index contributed by atoms with van der Waals surface area (Å²) in [5.74, 6) is 6.03. The SMILES string of the molecule is CCn1ncc(Cl)c1C(NN)C1CCOC1C. The molecule has 17 heavy (non-hydrogen) atoms. The molecule has 1 fully saturated rings. The average molecular weight is 259 g/mol. The second kappa shape index (κ2) is 5.35. The van der Waals surface area contributed by atoms with Crippen LogP contribution in [0, 0.1) is 5.92 Å². The Hall–Kier alpha value is -0.620. The van der Waals surface area contributed by atoms with Crippen LogP contribution in [-0.2, 0) is 11.3 Å². The van der Waals surface area contributed by atoms with Gasteiger partial charge in [0.05, 0.1) is 29.1 Å². The lowest BCUT2D eigenvalue weighted by Gasteiger charge is -2.26. The molecule has 0 saturated carbocycles. The van der Waals surface area contributed by atoms with Gasteiger partial charge in [0.15, 0.2) is 0 Å². The van der Waals surface area contributed by atoms with Crippen LogP contribution in [0.1, 0.15) is 32.0 Å². The van der Waals surface area contributed by atoms with E-state index in [1.54, 1.807) is 6.20 Å². The molecule has 5 nitrogen and oxygen atoms in total. The van der Waals surface area contributed by atoms with Gasteiger partial charge in [-0.3, -0.25) is 16.0 Å². The van der Waals surface area contributed by atoms with Gasteiger partial charge in [-0.05, 0) is 20.3 Å². The molecule has 6 heteroatoms. The van der Waals surface area contributed by atoms with Crippen molar-refractivity contribution in [2.75, 3.05) is 6.61 Å². The van der Waals surface area contributed by atoms with Crippen LogP contribution in [0.3, 0.4) is 0 Å². The zero-order chi connectivity index (χ0) is 12.4. The molecule has 1 aromatic rings. The number of hydrazine groups is 1. The largest absolute Gasteiger partial charge is 0.378 e. The Kier molecular flexibility index (Phi) is 4.04. The summed E-state index contributed by atoms with van der Waals surface area (Å²) >= 11 is 6.20. The van der Waals surface area contributed by atoms with Gasteiger partial charge < -0.3 is 4.74 Å². The number of nitrogens with zero attached hydrogens (tertiary/aromatic N) is 2. The van der Waals surface area contributed by atoms with Crippen molar-refractivity contribution in [2.24, 2.45) is 11.8 Å². The lowest BCUT2D eigenvalue weighted by Crippen LogP contribution is -2.37. The third-order valence-corrected chi connectivity index (χ3v) is 3.76. The van der Waals surface area contributed by atoms with Gasteiger partial charge in [0, 0.05) is 19.1 Å². The highest BCUT2D eigenvalue weighted by molar-refractivity contribution is 6.31. The molecule has 1 aromatic heterocycles. The first-order valence-electron chi connectivity index (χ1n) is 5.98. The predicted molar refractivity (Wildman–Crippen MR) is 66.5 cm³/mol. The minimum Gasteiger partial charge on any atom is -0.378 e. The maximum Gasteiger partial charge on any atom is 0.0834 e. The normalized spacial score (nSPS) is 26.4. The van der Waals surface area contributed by atoms with Crippen LogP contribution in [0.25, 0.3) is 0 Å². The first kappa shape index (κ1) is 12.8. The van der Waals surface area contributed by atoms with E-state index in [0.717, 1.165) is 25.3 Å². The van der Waals surface area contributed by atoms with Gasteiger partial charge in [0.2, 0.25) is 0 Å². The first-order chi connectivity index (χ1) is 8.19. The molecule has 2 heterocycles. The standard InChI is InChI=1S/C11H19ClN4O/c1-3-16-11(9(12)6-14-16)10(15-13)8-4-5-17-7(8)2/h6-8,10,15H,3-5,13H2,1-2H3. The summed E-state index contributed by atoms with van der Waals surface area (Å²) in [7, 11) is 0. The lowest BCUT2D eigenvalue weighted by atomic mass is 9.91. The van der Waals surface area contributed by atoms with Crippen LogP contribution in [0.2, 0.25) is 5.02 Å². The van der Waals surface area contributed by atoms with Crippen LogP contribution in [0.4, 0.5) is 0 Å². The van der Waals surface area contributed by atoms with E-state index in [9.17, 15) is 0 Å². The molecule has 0 radical (unpaired) electrons. The molecular formula is C11H19ClN4O. The fourth-order valence-electron chi connectivity index (χ4n) is 2.52. The minimum atomic E-state index is -0.0116. The summed E-state index contributed by atoms with van der Waals surface area (Å²) in [6.07, 6.45) is 2.85. The molecule has 96 valence electrons. The van der Waals surface area contributed by atoms with Crippen molar-refractivity contribution >= 4 is 11.6 Å².